The monoisotopic (exact) mass is 278 g/mol. The molecule has 0 fully saturated rings. The molecule has 0 aliphatic carbocycles. The number of ether oxygens (including phenoxy) is 1. The zero-order valence-corrected chi connectivity index (χ0v) is 10.6. The minimum atomic E-state index is -0.741. The molecular weight excluding hydrogens is 266 g/mol. The van der Waals surface area contributed by atoms with Crippen molar-refractivity contribution in [3.05, 3.63) is 59.2 Å². The van der Waals surface area contributed by atoms with E-state index in [0.29, 0.717) is 0 Å². The van der Waals surface area contributed by atoms with Crippen molar-refractivity contribution >= 4 is 5.84 Å². The molecule has 0 aliphatic heterocycles. The van der Waals surface area contributed by atoms with Gasteiger partial charge < -0.3 is 15.7 Å². The largest absolute Gasteiger partial charge is 0.451 e. The summed E-state index contributed by atoms with van der Waals surface area (Å²) in [6.07, 6.45) is 0. The maximum absolute atomic E-state index is 13.8. The molecule has 3 N–H and O–H groups in total. The topological polar surface area (TPSA) is 67.8 Å². The third kappa shape index (κ3) is 2.85. The van der Waals surface area contributed by atoms with Gasteiger partial charge in [0.2, 0.25) is 0 Å². The second-order valence-corrected chi connectivity index (χ2v) is 4.17. The number of amidine groups is 1. The Morgan fingerprint density at radius 3 is 2.50 bits per heavy atom. The van der Waals surface area contributed by atoms with Crippen molar-refractivity contribution in [2.75, 3.05) is 0 Å². The molecule has 0 heterocycles. The summed E-state index contributed by atoms with van der Waals surface area (Å²) >= 11 is 0. The van der Waals surface area contributed by atoms with Crippen LogP contribution in [0.25, 0.3) is 0 Å². The number of nitrogens with zero attached hydrogens (tertiary/aromatic N) is 1. The summed E-state index contributed by atoms with van der Waals surface area (Å²) in [5, 5.41) is 11.3. The van der Waals surface area contributed by atoms with Crippen LogP contribution in [0.1, 0.15) is 11.1 Å². The molecule has 0 spiro atoms. The van der Waals surface area contributed by atoms with Crippen molar-refractivity contribution in [3.63, 3.8) is 0 Å². The number of oxime groups is 1. The first-order valence-electron chi connectivity index (χ1n) is 5.72. The minimum absolute atomic E-state index is 0.0690. The molecule has 0 aromatic heterocycles. The third-order valence-electron chi connectivity index (χ3n) is 2.64. The molecule has 0 saturated carbocycles. The number of aryl methyl sites for hydroxylation is 1. The Kier molecular flexibility index (Phi) is 3.84. The van der Waals surface area contributed by atoms with Crippen LogP contribution < -0.4 is 10.5 Å². The summed E-state index contributed by atoms with van der Waals surface area (Å²) in [7, 11) is 0. The highest BCUT2D eigenvalue weighted by Crippen LogP contribution is 2.28. The molecule has 0 aliphatic rings. The van der Waals surface area contributed by atoms with Crippen LogP contribution in [0.4, 0.5) is 8.78 Å². The standard InChI is InChI=1S/C14H12F2N2O2/c1-8-2-4-10(15)13(6-8)20-12-5-3-9(7-11(12)16)14(17)18-19/h2-7,19H,1H3,(H2,17,18). The zero-order valence-electron chi connectivity index (χ0n) is 10.6. The summed E-state index contributed by atoms with van der Waals surface area (Å²) in [4.78, 5) is 0. The van der Waals surface area contributed by atoms with Gasteiger partial charge in [0.1, 0.15) is 0 Å². The molecule has 2 aromatic carbocycles. The molecule has 2 aromatic rings. The van der Waals surface area contributed by atoms with Crippen molar-refractivity contribution in [1.82, 2.24) is 0 Å². The van der Waals surface area contributed by atoms with Crippen molar-refractivity contribution in [3.8, 4) is 11.5 Å². The van der Waals surface area contributed by atoms with Crippen molar-refractivity contribution in [1.29, 1.82) is 0 Å². The van der Waals surface area contributed by atoms with E-state index in [1.54, 1.807) is 13.0 Å². The Morgan fingerprint density at radius 2 is 1.85 bits per heavy atom. The van der Waals surface area contributed by atoms with Gasteiger partial charge in [-0.1, -0.05) is 11.2 Å². The molecule has 2 rings (SSSR count). The van der Waals surface area contributed by atoms with E-state index in [2.05, 4.69) is 5.16 Å². The number of nitrogens with two attached hydrogens (primary N) is 1. The molecule has 20 heavy (non-hydrogen) atoms. The summed E-state index contributed by atoms with van der Waals surface area (Å²) in [5.74, 6) is -1.77. The zero-order chi connectivity index (χ0) is 14.7. The molecule has 4 nitrogen and oxygen atoms in total. The van der Waals surface area contributed by atoms with Gasteiger partial charge in [0, 0.05) is 5.56 Å². The quantitative estimate of drug-likeness (QED) is 0.392. The highest BCUT2D eigenvalue weighted by molar-refractivity contribution is 5.97. The van der Waals surface area contributed by atoms with E-state index >= 15 is 0 Å². The first-order valence-corrected chi connectivity index (χ1v) is 5.72. The van der Waals surface area contributed by atoms with E-state index in [0.717, 1.165) is 11.6 Å². The maximum Gasteiger partial charge on any atom is 0.170 e. The van der Waals surface area contributed by atoms with Crippen molar-refractivity contribution in [2.45, 2.75) is 6.92 Å². The highest BCUT2D eigenvalue weighted by atomic mass is 19.1. The fraction of sp³-hybridized carbons (Fsp3) is 0.0714. The lowest BCUT2D eigenvalue weighted by molar-refractivity contribution is 0.318. The van der Waals surface area contributed by atoms with Gasteiger partial charge in [-0.05, 0) is 42.8 Å². The molecule has 0 saturated heterocycles. The Labute approximate surface area is 114 Å². The van der Waals surface area contributed by atoms with Gasteiger partial charge >= 0.3 is 0 Å². The maximum atomic E-state index is 13.8. The Morgan fingerprint density at radius 1 is 1.10 bits per heavy atom. The summed E-state index contributed by atoms with van der Waals surface area (Å²) in [5.41, 5.74) is 6.33. The number of hydrogen-bond acceptors (Lipinski definition) is 3. The fourth-order valence-corrected chi connectivity index (χ4v) is 1.61. The van der Waals surface area contributed by atoms with E-state index in [1.165, 1.54) is 24.3 Å². The number of hydrogen-bond donors (Lipinski definition) is 2. The molecule has 0 unspecified atom stereocenters. The van der Waals surface area contributed by atoms with Crippen LogP contribution in [0.3, 0.4) is 0 Å². The average molecular weight is 278 g/mol. The molecule has 0 atom stereocenters. The van der Waals surface area contributed by atoms with Gasteiger partial charge in [-0.3, -0.25) is 0 Å². The number of benzene rings is 2. The van der Waals surface area contributed by atoms with Gasteiger partial charge in [-0.25, -0.2) is 8.78 Å². The lowest BCUT2D eigenvalue weighted by Crippen LogP contribution is -2.13. The summed E-state index contributed by atoms with van der Waals surface area (Å²) in [6.45, 7) is 1.77. The van der Waals surface area contributed by atoms with Crippen LogP contribution >= 0.6 is 0 Å². The van der Waals surface area contributed by atoms with E-state index in [1.807, 2.05) is 0 Å². The molecule has 0 radical (unpaired) electrons. The van der Waals surface area contributed by atoms with E-state index in [4.69, 9.17) is 15.7 Å². The van der Waals surface area contributed by atoms with Gasteiger partial charge in [0.25, 0.3) is 0 Å². The number of halogens is 2. The van der Waals surface area contributed by atoms with E-state index in [-0.39, 0.29) is 22.9 Å². The van der Waals surface area contributed by atoms with Crippen molar-refractivity contribution in [2.24, 2.45) is 10.9 Å². The van der Waals surface area contributed by atoms with E-state index in [9.17, 15) is 8.78 Å². The summed E-state index contributed by atoms with van der Waals surface area (Å²) < 4.78 is 32.6. The highest BCUT2D eigenvalue weighted by Gasteiger charge is 2.11. The number of rotatable bonds is 3. The summed E-state index contributed by atoms with van der Waals surface area (Å²) in [6, 6.07) is 8.02. The predicted molar refractivity (Wildman–Crippen MR) is 70.1 cm³/mol. The predicted octanol–water partition coefficient (Wildman–Crippen LogP) is 3.16. The fourth-order valence-electron chi connectivity index (χ4n) is 1.61. The van der Waals surface area contributed by atoms with Crippen LogP contribution in [-0.2, 0) is 0 Å². The Hall–Kier alpha value is -2.63. The van der Waals surface area contributed by atoms with Gasteiger partial charge in [-0.15, -0.1) is 0 Å². The smallest absolute Gasteiger partial charge is 0.170 e. The van der Waals surface area contributed by atoms with Crippen molar-refractivity contribution < 1.29 is 18.7 Å². The van der Waals surface area contributed by atoms with Crippen LogP contribution in [0.2, 0.25) is 0 Å². The minimum Gasteiger partial charge on any atom is -0.451 e. The van der Waals surface area contributed by atoms with Gasteiger partial charge in [-0.2, -0.15) is 0 Å². The first kappa shape index (κ1) is 13.8. The average Bonchev–Trinajstić information content (AvgIpc) is 2.44. The molecule has 0 bridgehead atoms. The second-order valence-electron chi connectivity index (χ2n) is 4.17. The lowest BCUT2D eigenvalue weighted by Gasteiger charge is -2.09. The van der Waals surface area contributed by atoms with Crippen LogP contribution in [0, 0.1) is 18.6 Å². The third-order valence-corrected chi connectivity index (χ3v) is 2.64. The first-order chi connectivity index (χ1) is 9.51. The van der Waals surface area contributed by atoms with E-state index < -0.39 is 11.6 Å². The normalized spacial score (nSPS) is 11.4. The molecular formula is C14H12F2N2O2. The Balaban J connectivity index is 2.33. The second kappa shape index (κ2) is 5.56. The lowest BCUT2D eigenvalue weighted by atomic mass is 10.2. The van der Waals surface area contributed by atoms with Crippen LogP contribution in [-0.4, -0.2) is 11.0 Å². The van der Waals surface area contributed by atoms with Crippen LogP contribution in [0.15, 0.2) is 41.6 Å². The van der Waals surface area contributed by atoms with Crippen LogP contribution in [0.5, 0.6) is 11.5 Å². The molecule has 104 valence electrons. The van der Waals surface area contributed by atoms with Gasteiger partial charge in [0.05, 0.1) is 0 Å². The Bertz CT molecular complexity index is 672. The SMILES string of the molecule is Cc1ccc(F)c(Oc2ccc(C(N)=NO)cc2F)c1. The molecule has 0 amide bonds. The molecule has 6 heteroatoms. The van der Waals surface area contributed by atoms with Gasteiger partial charge in [0.15, 0.2) is 29.0 Å².